The SMILES string of the molecule is CC(C)C(C(=O)NN1CCOCC1)C(N)=NO. The zero-order valence-electron chi connectivity index (χ0n) is 10.2. The molecule has 7 nitrogen and oxygen atoms in total. The van der Waals surface area contributed by atoms with Crippen molar-refractivity contribution >= 4 is 11.7 Å². The standard InChI is InChI=1S/C10H20N4O3/c1-7(2)8(9(11)13-16)10(15)12-14-3-5-17-6-4-14/h7-8,16H,3-6H2,1-2H3,(H2,11,13)(H,12,15). The van der Waals surface area contributed by atoms with Crippen molar-refractivity contribution in [1.29, 1.82) is 0 Å². The first kappa shape index (κ1) is 13.7. The summed E-state index contributed by atoms with van der Waals surface area (Å²) in [6, 6.07) is 0. The fourth-order valence-corrected chi connectivity index (χ4v) is 1.74. The molecule has 0 saturated carbocycles. The lowest BCUT2D eigenvalue weighted by Crippen LogP contribution is -2.52. The maximum atomic E-state index is 12.0. The molecule has 1 atom stereocenters. The quantitative estimate of drug-likeness (QED) is 0.264. The normalized spacial score (nSPS) is 20.3. The molecule has 1 heterocycles. The van der Waals surface area contributed by atoms with Gasteiger partial charge in [0.2, 0.25) is 5.91 Å². The largest absolute Gasteiger partial charge is 0.409 e. The van der Waals surface area contributed by atoms with Crippen LogP contribution in [0.1, 0.15) is 13.8 Å². The highest BCUT2D eigenvalue weighted by Gasteiger charge is 2.28. The highest BCUT2D eigenvalue weighted by atomic mass is 16.5. The van der Waals surface area contributed by atoms with E-state index < -0.39 is 5.92 Å². The second-order valence-electron chi connectivity index (χ2n) is 4.32. The Kier molecular flexibility index (Phi) is 5.17. The van der Waals surface area contributed by atoms with Crippen LogP contribution in [-0.2, 0) is 9.53 Å². The molecule has 1 aliphatic rings. The highest BCUT2D eigenvalue weighted by Crippen LogP contribution is 2.11. The first-order chi connectivity index (χ1) is 8.06. The van der Waals surface area contributed by atoms with Gasteiger partial charge in [-0.15, -0.1) is 0 Å². The third-order valence-corrected chi connectivity index (χ3v) is 2.66. The molecule has 1 amide bonds. The second-order valence-corrected chi connectivity index (χ2v) is 4.32. The minimum Gasteiger partial charge on any atom is -0.409 e. The van der Waals surface area contributed by atoms with E-state index in [1.165, 1.54) is 0 Å². The number of carbonyl (C=O) groups excluding carboxylic acids is 1. The Balaban J connectivity index is 2.58. The van der Waals surface area contributed by atoms with Crippen LogP contribution in [0.2, 0.25) is 0 Å². The molecule has 0 aromatic rings. The predicted molar refractivity (Wildman–Crippen MR) is 62.3 cm³/mol. The van der Waals surface area contributed by atoms with Gasteiger partial charge < -0.3 is 15.7 Å². The molecule has 0 radical (unpaired) electrons. The first-order valence-corrected chi connectivity index (χ1v) is 5.67. The van der Waals surface area contributed by atoms with Gasteiger partial charge in [0.25, 0.3) is 0 Å². The molecule has 0 spiro atoms. The lowest BCUT2D eigenvalue weighted by Gasteiger charge is -2.29. The van der Waals surface area contributed by atoms with Gasteiger partial charge >= 0.3 is 0 Å². The Morgan fingerprint density at radius 1 is 1.47 bits per heavy atom. The zero-order valence-corrected chi connectivity index (χ0v) is 10.2. The molecule has 1 rings (SSSR count). The number of oxime groups is 1. The van der Waals surface area contributed by atoms with Crippen molar-refractivity contribution in [2.75, 3.05) is 26.3 Å². The molecular formula is C10H20N4O3. The van der Waals surface area contributed by atoms with Crippen LogP contribution >= 0.6 is 0 Å². The summed E-state index contributed by atoms with van der Waals surface area (Å²) in [7, 11) is 0. The summed E-state index contributed by atoms with van der Waals surface area (Å²) in [6.07, 6.45) is 0. The summed E-state index contributed by atoms with van der Waals surface area (Å²) in [5, 5.41) is 13.4. The van der Waals surface area contributed by atoms with E-state index in [4.69, 9.17) is 15.7 Å². The van der Waals surface area contributed by atoms with E-state index in [9.17, 15) is 4.79 Å². The number of hydrogen-bond donors (Lipinski definition) is 3. The smallest absolute Gasteiger partial charge is 0.245 e. The molecular weight excluding hydrogens is 224 g/mol. The molecule has 1 aliphatic heterocycles. The summed E-state index contributed by atoms with van der Waals surface area (Å²) in [5.41, 5.74) is 8.28. The molecule has 1 saturated heterocycles. The topological polar surface area (TPSA) is 100 Å². The lowest BCUT2D eigenvalue weighted by atomic mass is 9.94. The molecule has 7 heteroatoms. The van der Waals surface area contributed by atoms with E-state index in [-0.39, 0.29) is 17.7 Å². The Morgan fingerprint density at radius 3 is 2.53 bits per heavy atom. The van der Waals surface area contributed by atoms with Gasteiger partial charge in [-0.2, -0.15) is 0 Å². The number of hydrogen-bond acceptors (Lipinski definition) is 5. The van der Waals surface area contributed by atoms with Gasteiger partial charge in [-0.05, 0) is 5.92 Å². The van der Waals surface area contributed by atoms with Crippen LogP contribution in [0.5, 0.6) is 0 Å². The monoisotopic (exact) mass is 244 g/mol. The molecule has 0 bridgehead atoms. The Hall–Kier alpha value is -1.34. The Bertz CT molecular complexity index is 287. The minimum absolute atomic E-state index is 0.0352. The van der Waals surface area contributed by atoms with Crippen LogP contribution in [0.3, 0.4) is 0 Å². The summed E-state index contributed by atoms with van der Waals surface area (Å²) in [5.74, 6) is -0.974. The van der Waals surface area contributed by atoms with Crippen molar-refractivity contribution in [2.45, 2.75) is 13.8 Å². The summed E-state index contributed by atoms with van der Waals surface area (Å²) in [4.78, 5) is 12.0. The Labute approximate surface area is 101 Å². The predicted octanol–water partition coefficient (Wildman–Crippen LogP) is -0.632. The molecule has 98 valence electrons. The van der Waals surface area contributed by atoms with Crippen molar-refractivity contribution in [3.05, 3.63) is 0 Å². The molecule has 1 unspecified atom stereocenters. The van der Waals surface area contributed by atoms with Crippen molar-refractivity contribution in [2.24, 2.45) is 22.7 Å². The van der Waals surface area contributed by atoms with Gasteiger partial charge in [0.15, 0.2) is 5.84 Å². The number of hydrazine groups is 1. The number of nitrogens with one attached hydrogen (secondary N) is 1. The van der Waals surface area contributed by atoms with Crippen molar-refractivity contribution < 1.29 is 14.7 Å². The van der Waals surface area contributed by atoms with Crippen molar-refractivity contribution in [1.82, 2.24) is 10.4 Å². The number of morpholine rings is 1. The van der Waals surface area contributed by atoms with Crippen LogP contribution < -0.4 is 11.2 Å². The van der Waals surface area contributed by atoms with E-state index in [2.05, 4.69) is 10.6 Å². The van der Waals surface area contributed by atoms with E-state index in [1.54, 1.807) is 5.01 Å². The highest BCUT2D eigenvalue weighted by molar-refractivity contribution is 6.02. The third kappa shape index (κ3) is 3.86. The third-order valence-electron chi connectivity index (χ3n) is 2.66. The number of amidine groups is 1. The van der Waals surface area contributed by atoms with Crippen LogP contribution in [0.4, 0.5) is 0 Å². The van der Waals surface area contributed by atoms with Crippen LogP contribution in [0, 0.1) is 11.8 Å². The second kappa shape index (κ2) is 6.41. The maximum absolute atomic E-state index is 12.0. The van der Waals surface area contributed by atoms with Crippen LogP contribution in [-0.4, -0.2) is 48.3 Å². The van der Waals surface area contributed by atoms with Gasteiger partial charge in [-0.1, -0.05) is 19.0 Å². The van der Waals surface area contributed by atoms with Crippen LogP contribution in [0.25, 0.3) is 0 Å². The van der Waals surface area contributed by atoms with Crippen LogP contribution in [0.15, 0.2) is 5.16 Å². The van der Waals surface area contributed by atoms with E-state index in [1.807, 2.05) is 13.8 Å². The molecule has 4 N–H and O–H groups in total. The lowest BCUT2D eigenvalue weighted by molar-refractivity contribution is -0.131. The number of carbonyl (C=O) groups is 1. The van der Waals surface area contributed by atoms with Gasteiger partial charge in [0.1, 0.15) is 5.92 Å². The number of ether oxygens (including phenoxy) is 1. The van der Waals surface area contributed by atoms with Gasteiger partial charge in [0.05, 0.1) is 13.2 Å². The minimum atomic E-state index is -0.622. The molecule has 17 heavy (non-hydrogen) atoms. The van der Waals surface area contributed by atoms with E-state index >= 15 is 0 Å². The van der Waals surface area contributed by atoms with Gasteiger partial charge in [0, 0.05) is 13.1 Å². The van der Waals surface area contributed by atoms with Gasteiger partial charge in [-0.3, -0.25) is 10.2 Å². The van der Waals surface area contributed by atoms with E-state index in [0.717, 1.165) is 0 Å². The first-order valence-electron chi connectivity index (χ1n) is 5.67. The maximum Gasteiger partial charge on any atom is 0.245 e. The van der Waals surface area contributed by atoms with E-state index in [0.29, 0.717) is 26.3 Å². The van der Waals surface area contributed by atoms with Crippen molar-refractivity contribution in [3.63, 3.8) is 0 Å². The molecule has 0 aromatic heterocycles. The number of nitrogens with two attached hydrogens (primary N) is 1. The number of rotatable bonds is 4. The average molecular weight is 244 g/mol. The number of nitrogens with zero attached hydrogens (tertiary/aromatic N) is 2. The summed E-state index contributed by atoms with van der Waals surface area (Å²) < 4.78 is 5.18. The molecule has 0 aromatic carbocycles. The zero-order chi connectivity index (χ0) is 12.8. The fraction of sp³-hybridized carbons (Fsp3) is 0.800. The van der Waals surface area contributed by atoms with Crippen molar-refractivity contribution in [3.8, 4) is 0 Å². The summed E-state index contributed by atoms with van der Waals surface area (Å²) in [6.45, 7) is 6.18. The van der Waals surface area contributed by atoms with Gasteiger partial charge in [-0.25, -0.2) is 5.01 Å². The summed E-state index contributed by atoms with van der Waals surface area (Å²) >= 11 is 0. The average Bonchev–Trinajstić information content (AvgIpc) is 2.29. The number of amides is 1. The molecule has 1 fully saturated rings. The Morgan fingerprint density at radius 2 is 2.06 bits per heavy atom. The molecule has 0 aliphatic carbocycles. The fourth-order valence-electron chi connectivity index (χ4n) is 1.74.